The second kappa shape index (κ2) is 7.57. The second-order valence-electron chi connectivity index (χ2n) is 5.73. The number of hydrogen-bond acceptors (Lipinski definition) is 4. The Labute approximate surface area is 144 Å². The number of nitrogens with two attached hydrogens (primary N) is 1. The maximum absolute atomic E-state index is 12.6. The van der Waals surface area contributed by atoms with Crippen molar-refractivity contribution in [2.24, 2.45) is 5.73 Å². The number of pyridine rings is 1. The van der Waals surface area contributed by atoms with E-state index in [0.29, 0.717) is 18.4 Å². The van der Waals surface area contributed by atoms with Crippen molar-refractivity contribution in [1.82, 2.24) is 9.71 Å². The molecule has 0 aliphatic heterocycles. The summed E-state index contributed by atoms with van der Waals surface area (Å²) in [5, 5.41) is 0.813. The van der Waals surface area contributed by atoms with Crippen LogP contribution in [0, 0.1) is 6.92 Å². The van der Waals surface area contributed by atoms with Crippen molar-refractivity contribution in [3.8, 4) is 0 Å². The summed E-state index contributed by atoms with van der Waals surface area (Å²) in [6.45, 7) is 6.06. The number of para-hydroxylation sites is 1. The lowest BCUT2D eigenvalue weighted by Crippen LogP contribution is -2.49. The van der Waals surface area contributed by atoms with Gasteiger partial charge >= 0.3 is 0 Å². The van der Waals surface area contributed by atoms with Gasteiger partial charge in [-0.25, -0.2) is 13.1 Å². The lowest BCUT2D eigenvalue weighted by atomic mass is 9.95. The van der Waals surface area contributed by atoms with E-state index in [9.17, 15) is 8.42 Å². The van der Waals surface area contributed by atoms with E-state index in [1.54, 1.807) is 18.3 Å². The zero-order valence-electron chi connectivity index (χ0n) is 13.7. The van der Waals surface area contributed by atoms with Gasteiger partial charge in [-0.15, -0.1) is 12.4 Å². The molecule has 128 valence electrons. The first kappa shape index (κ1) is 19.8. The average Bonchev–Trinajstić information content (AvgIpc) is 2.52. The Kier molecular flexibility index (Phi) is 6.53. The van der Waals surface area contributed by atoms with Gasteiger partial charge in [-0.1, -0.05) is 26.0 Å². The molecule has 0 bridgehead atoms. The average molecular weight is 358 g/mol. The molecule has 0 unspecified atom stereocenters. The number of hydrogen-bond donors (Lipinski definition) is 2. The normalized spacial score (nSPS) is 12.2. The largest absolute Gasteiger partial charge is 0.324 e. The molecule has 1 aromatic carbocycles. The van der Waals surface area contributed by atoms with E-state index in [4.69, 9.17) is 5.73 Å². The minimum atomic E-state index is -3.65. The molecular weight excluding hydrogens is 334 g/mol. The van der Waals surface area contributed by atoms with Gasteiger partial charge in [0.2, 0.25) is 10.0 Å². The zero-order chi connectivity index (χ0) is 16.4. The molecule has 0 fully saturated rings. The smallest absolute Gasteiger partial charge is 0.242 e. The van der Waals surface area contributed by atoms with Crippen molar-refractivity contribution in [2.75, 3.05) is 6.54 Å². The van der Waals surface area contributed by atoms with Crippen LogP contribution in [0.2, 0.25) is 0 Å². The van der Waals surface area contributed by atoms with Crippen molar-refractivity contribution >= 4 is 33.3 Å². The highest BCUT2D eigenvalue weighted by Crippen LogP contribution is 2.22. The van der Waals surface area contributed by atoms with Gasteiger partial charge < -0.3 is 5.73 Å². The molecule has 0 aliphatic rings. The highest BCUT2D eigenvalue weighted by molar-refractivity contribution is 7.89. The Morgan fingerprint density at radius 1 is 1.26 bits per heavy atom. The van der Waals surface area contributed by atoms with Gasteiger partial charge in [0, 0.05) is 23.7 Å². The number of benzene rings is 1. The van der Waals surface area contributed by atoms with Gasteiger partial charge in [0.15, 0.2) is 0 Å². The second-order valence-corrected chi connectivity index (χ2v) is 7.47. The Morgan fingerprint density at radius 3 is 2.52 bits per heavy atom. The fourth-order valence-electron chi connectivity index (χ4n) is 2.28. The van der Waals surface area contributed by atoms with E-state index < -0.39 is 15.6 Å². The monoisotopic (exact) mass is 357 g/mol. The lowest BCUT2D eigenvalue weighted by molar-refractivity contribution is 0.392. The molecule has 23 heavy (non-hydrogen) atoms. The molecule has 0 amide bonds. The van der Waals surface area contributed by atoms with Crippen LogP contribution < -0.4 is 10.5 Å². The maximum Gasteiger partial charge on any atom is 0.242 e. The maximum atomic E-state index is 12.6. The molecule has 0 saturated heterocycles. The summed E-state index contributed by atoms with van der Waals surface area (Å²) in [7, 11) is -3.65. The summed E-state index contributed by atoms with van der Waals surface area (Å²) < 4.78 is 27.8. The molecule has 0 saturated carbocycles. The van der Waals surface area contributed by atoms with E-state index >= 15 is 0 Å². The number of aryl methyl sites for hydroxylation is 1. The summed E-state index contributed by atoms with van der Waals surface area (Å²) >= 11 is 0. The van der Waals surface area contributed by atoms with E-state index in [2.05, 4.69) is 9.71 Å². The number of sulfonamides is 1. The van der Waals surface area contributed by atoms with Crippen LogP contribution in [-0.2, 0) is 10.0 Å². The van der Waals surface area contributed by atoms with Crippen molar-refractivity contribution in [2.45, 2.75) is 44.0 Å². The predicted octanol–water partition coefficient (Wildman–Crippen LogP) is 2.76. The molecule has 0 aliphatic carbocycles. The third-order valence-electron chi connectivity index (χ3n) is 4.12. The Morgan fingerprint density at radius 2 is 1.91 bits per heavy atom. The number of aromatic nitrogens is 1. The number of rotatable bonds is 6. The summed E-state index contributed by atoms with van der Waals surface area (Å²) in [6.07, 6.45) is 3.09. The van der Waals surface area contributed by atoms with Crippen LogP contribution in [0.5, 0.6) is 0 Å². The van der Waals surface area contributed by atoms with Gasteiger partial charge in [0.05, 0.1) is 5.52 Å². The fourth-order valence-corrected chi connectivity index (χ4v) is 3.59. The van der Waals surface area contributed by atoms with Crippen LogP contribution in [0.1, 0.15) is 32.3 Å². The summed E-state index contributed by atoms with van der Waals surface area (Å²) in [4.78, 5) is 4.48. The van der Waals surface area contributed by atoms with Gasteiger partial charge in [0.1, 0.15) is 4.90 Å². The van der Waals surface area contributed by atoms with Crippen LogP contribution in [-0.4, -0.2) is 25.5 Å². The van der Waals surface area contributed by atoms with Crippen LogP contribution in [0.4, 0.5) is 0 Å². The Hall–Kier alpha value is -1.21. The molecule has 0 spiro atoms. The number of nitrogens with zero attached hydrogens (tertiary/aromatic N) is 1. The third kappa shape index (κ3) is 4.41. The van der Waals surface area contributed by atoms with Crippen molar-refractivity contribution in [1.29, 1.82) is 0 Å². The molecule has 1 aromatic heterocycles. The highest BCUT2D eigenvalue weighted by atomic mass is 35.5. The number of fused-ring (bicyclic) bond motifs is 1. The Bertz CT molecular complexity index is 774. The highest BCUT2D eigenvalue weighted by Gasteiger charge is 2.25. The van der Waals surface area contributed by atoms with Gasteiger partial charge in [-0.3, -0.25) is 4.98 Å². The topological polar surface area (TPSA) is 85.1 Å². The summed E-state index contributed by atoms with van der Waals surface area (Å²) in [5.41, 5.74) is 7.12. The SMILES string of the molecule is CCC(N)(CC)CNS(=O)(=O)c1cccc2cc(C)cnc12.Cl. The Balaban J connectivity index is 0.00000264. The van der Waals surface area contributed by atoms with E-state index in [-0.39, 0.29) is 23.8 Å². The van der Waals surface area contributed by atoms with Crippen molar-refractivity contribution in [3.63, 3.8) is 0 Å². The third-order valence-corrected chi connectivity index (χ3v) is 5.56. The zero-order valence-corrected chi connectivity index (χ0v) is 15.3. The summed E-state index contributed by atoms with van der Waals surface area (Å²) in [6, 6.07) is 7.09. The minimum absolute atomic E-state index is 0. The molecule has 2 aromatic rings. The van der Waals surface area contributed by atoms with Crippen LogP contribution in [0.3, 0.4) is 0 Å². The van der Waals surface area contributed by atoms with E-state index in [1.807, 2.05) is 32.9 Å². The number of halogens is 1. The van der Waals surface area contributed by atoms with Crippen molar-refractivity contribution in [3.05, 3.63) is 36.0 Å². The summed E-state index contributed by atoms with van der Waals surface area (Å²) in [5.74, 6) is 0. The molecular formula is C16H24ClN3O2S. The standard InChI is InChI=1S/C16H23N3O2S.ClH/c1-4-16(17,5-2)11-19-22(20,21)14-8-6-7-13-9-12(3)10-18-15(13)14;/h6-10,19H,4-5,11,17H2,1-3H3;1H. The fraction of sp³-hybridized carbons (Fsp3) is 0.438. The van der Waals surface area contributed by atoms with E-state index in [0.717, 1.165) is 10.9 Å². The molecule has 2 rings (SSSR count). The van der Waals surface area contributed by atoms with Gasteiger partial charge in [-0.05, 0) is 37.5 Å². The minimum Gasteiger partial charge on any atom is -0.324 e. The quantitative estimate of drug-likeness (QED) is 0.832. The van der Waals surface area contributed by atoms with Crippen LogP contribution in [0.15, 0.2) is 35.4 Å². The molecule has 7 heteroatoms. The first-order valence-electron chi connectivity index (χ1n) is 7.45. The molecule has 1 heterocycles. The first-order chi connectivity index (χ1) is 10.3. The van der Waals surface area contributed by atoms with Crippen molar-refractivity contribution < 1.29 is 8.42 Å². The van der Waals surface area contributed by atoms with Crippen LogP contribution in [0.25, 0.3) is 10.9 Å². The molecule has 3 N–H and O–H groups in total. The lowest BCUT2D eigenvalue weighted by Gasteiger charge is -2.26. The number of nitrogens with one attached hydrogen (secondary N) is 1. The van der Waals surface area contributed by atoms with Gasteiger partial charge in [-0.2, -0.15) is 0 Å². The molecule has 5 nitrogen and oxygen atoms in total. The predicted molar refractivity (Wildman–Crippen MR) is 96.4 cm³/mol. The molecule has 0 radical (unpaired) electrons. The van der Waals surface area contributed by atoms with Gasteiger partial charge in [0.25, 0.3) is 0 Å². The first-order valence-corrected chi connectivity index (χ1v) is 8.93. The molecule has 0 atom stereocenters. The van der Waals surface area contributed by atoms with Crippen LogP contribution >= 0.6 is 12.4 Å². The van der Waals surface area contributed by atoms with E-state index in [1.165, 1.54) is 0 Å².